The van der Waals surface area contributed by atoms with E-state index in [0.717, 1.165) is 49.4 Å². The van der Waals surface area contributed by atoms with E-state index in [1.165, 1.54) is 0 Å². The number of benzene rings is 1. The Labute approximate surface area is 135 Å². The molecular weight excluding hydrogens is 294 g/mol. The van der Waals surface area contributed by atoms with Gasteiger partial charge in [-0.1, -0.05) is 30.3 Å². The number of carbonyl (C=O) groups is 1. The second-order valence-electron chi connectivity index (χ2n) is 5.63. The molecule has 0 radical (unpaired) electrons. The maximum Gasteiger partial charge on any atom is 0.255 e. The van der Waals surface area contributed by atoms with Crippen LogP contribution in [0, 0.1) is 5.92 Å². The lowest BCUT2D eigenvalue weighted by atomic mass is 10.0. The molecule has 0 aliphatic carbocycles. The Bertz CT molecular complexity index is 623. The number of ether oxygens (including phenoxy) is 1. The van der Waals surface area contributed by atoms with E-state index >= 15 is 0 Å². The number of nitrogens with zero attached hydrogens (tertiary/aromatic N) is 1. The summed E-state index contributed by atoms with van der Waals surface area (Å²) in [6.45, 7) is 5.15. The van der Waals surface area contributed by atoms with Gasteiger partial charge >= 0.3 is 0 Å². The molecule has 1 fully saturated rings. The fourth-order valence-corrected chi connectivity index (χ4v) is 3.74. The third-order valence-corrected chi connectivity index (χ3v) is 4.85. The van der Waals surface area contributed by atoms with Crippen LogP contribution in [0.15, 0.2) is 41.1 Å². The van der Waals surface area contributed by atoms with Gasteiger partial charge in [0.15, 0.2) is 0 Å². The molecule has 0 N–H and O–H groups in total. The molecule has 1 aliphatic rings. The first-order valence-corrected chi connectivity index (χ1v) is 8.72. The minimum absolute atomic E-state index is 0.152. The van der Waals surface area contributed by atoms with Gasteiger partial charge in [-0.15, -0.1) is 0 Å². The Morgan fingerprint density at radius 2 is 2.14 bits per heavy atom. The van der Waals surface area contributed by atoms with E-state index in [9.17, 15) is 4.79 Å². The summed E-state index contributed by atoms with van der Waals surface area (Å²) in [6, 6.07) is 10.1. The molecule has 0 bridgehead atoms. The Morgan fingerprint density at radius 1 is 1.32 bits per heavy atom. The summed E-state index contributed by atoms with van der Waals surface area (Å²) in [7, 11) is 0. The number of likely N-dealkylation sites (tertiary alicyclic amines) is 1. The molecule has 1 aromatic heterocycles. The predicted molar refractivity (Wildman–Crippen MR) is 90.3 cm³/mol. The average Bonchev–Trinajstić information content (AvgIpc) is 3.22. The van der Waals surface area contributed by atoms with Gasteiger partial charge in [0.2, 0.25) is 0 Å². The lowest BCUT2D eigenvalue weighted by Gasteiger charge is -2.17. The summed E-state index contributed by atoms with van der Waals surface area (Å²) in [5.74, 6) is 0.627. The molecule has 116 valence electrons. The van der Waals surface area contributed by atoms with E-state index < -0.39 is 0 Å². The van der Waals surface area contributed by atoms with Crippen molar-refractivity contribution in [2.24, 2.45) is 5.92 Å². The first kappa shape index (κ1) is 15.3. The summed E-state index contributed by atoms with van der Waals surface area (Å²) >= 11 is 1.59. The van der Waals surface area contributed by atoms with Gasteiger partial charge < -0.3 is 9.64 Å². The molecule has 1 aromatic carbocycles. The van der Waals surface area contributed by atoms with Crippen LogP contribution in [-0.4, -0.2) is 37.1 Å². The van der Waals surface area contributed by atoms with Crippen LogP contribution in [-0.2, 0) is 4.74 Å². The van der Waals surface area contributed by atoms with Crippen molar-refractivity contribution in [1.82, 2.24) is 4.90 Å². The van der Waals surface area contributed by atoms with Gasteiger partial charge in [0.25, 0.3) is 5.91 Å². The lowest BCUT2D eigenvalue weighted by molar-refractivity contribution is 0.0764. The monoisotopic (exact) mass is 315 g/mol. The Balaban J connectivity index is 1.73. The molecular formula is C18H21NO2S. The zero-order valence-corrected chi connectivity index (χ0v) is 13.6. The maximum absolute atomic E-state index is 12.8. The largest absolute Gasteiger partial charge is 0.381 e. The highest BCUT2D eigenvalue weighted by Gasteiger charge is 2.28. The number of carbonyl (C=O) groups excluding carboxylic acids is 1. The third-order valence-electron chi connectivity index (χ3n) is 4.11. The summed E-state index contributed by atoms with van der Waals surface area (Å²) in [4.78, 5) is 14.8. The second kappa shape index (κ2) is 7.07. The molecule has 1 unspecified atom stereocenters. The van der Waals surface area contributed by atoms with Gasteiger partial charge in [-0.3, -0.25) is 4.79 Å². The molecule has 2 aromatic rings. The Morgan fingerprint density at radius 3 is 2.91 bits per heavy atom. The van der Waals surface area contributed by atoms with Crippen LogP contribution >= 0.6 is 11.3 Å². The topological polar surface area (TPSA) is 29.5 Å². The van der Waals surface area contributed by atoms with Crippen LogP contribution in [0.2, 0.25) is 0 Å². The van der Waals surface area contributed by atoms with Crippen molar-refractivity contribution in [2.75, 3.05) is 26.3 Å². The fraction of sp³-hybridized carbons (Fsp3) is 0.389. The number of thiophene rings is 1. The molecule has 1 aliphatic heterocycles. The molecule has 1 amide bonds. The van der Waals surface area contributed by atoms with Crippen LogP contribution in [0.25, 0.3) is 11.1 Å². The summed E-state index contributed by atoms with van der Waals surface area (Å²) in [6.07, 6.45) is 1.04. The van der Waals surface area contributed by atoms with Crippen molar-refractivity contribution < 1.29 is 9.53 Å². The van der Waals surface area contributed by atoms with Crippen LogP contribution < -0.4 is 0 Å². The Kier molecular flexibility index (Phi) is 4.90. The SMILES string of the molecule is CCOCC1CCN(C(=O)c2cscc2-c2ccccc2)C1. The number of amides is 1. The summed E-state index contributed by atoms with van der Waals surface area (Å²) < 4.78 is 5.49. The van der Waals surface area contributed by atoms with Crippen molar-refractivity contribution in [3.63, 3.8) is 0 Å². The van der Waals surface area contributed by atoms with Crippen molar-refractivity contribution >= 4 is 17.2 Å². The molecule has 22 heavy (non-hydrogen) atoms. The van der Waals surface area contributed by atoms with E-state index in [2.05, 4.69) is 17.5 Å². The summed E-state index contributed by atoms with van der Waals surface area (Å²) in [5.41, 5.74) is 2.98. The molecule has 1 atom stereocenters. The normalized spacial score (nSPS) is 17.9. The quantitative estimate of drug-likeness (QED) is 0.837. The average molecular weight is 315 g/mol. The highest BCUT2D eigenvalue weighted by atomic mass is 32.1. The zero-order valence-electron chi connectivity index (χ0n) is 12.8. The first-order chi connectivity index (χ1) is 10.8. The van der Waals surface area contributed by atoms with Gasteiger partial charge in [-0.05, 0) is 24.3 Å². The molecule has 0 saturated carbocycles. The Hall–Kier alpha value is -1.65. The maximum atomic E-state index is 12.8. The number of rotatable bonds is 5. The minimum Gasteiger partial charge on any atom is -0.381 e. The molecule has 3 rings (SSSR count). The third kappa shape index (κ3) is 3.23. The van der Waals surface area contributed by atoms with Gasteiger partial charge in [0, 0.05) is 36.6 Å². The van der Waals surface area contributed by atoms with Crippen LogP contribution in [0.1, 0.15) is 23.7 Å². The highest BCUT2D eigenvalue weighted by molar-refractivity contribution is 7.08. The van der Waals surface area contributed by atoms with Gasteiger partial charge in [0.05, 0.1) is 12.2 Å². The standard InChI is InChI=1S/C18H21NO2S/c1-2-21-11-14-8-9-19(10-14)18(20)17-13-22-12-16(17)15-6-4-3-5-7-15/h3-7,12-14H,2,8-11H2,1H3. The van der Waals surface area contributed by atoms with Gasteiger partial charge in [0.1, 0.15) is 0 Å². The van der Waals surface area contributed by atoms with Gasteiger partial charge in [-0.25, -0.2) is 0 Å². The van der Waals surface area contributed by atoms with Crippen LogP contribution in [0.5, 0.6) is 0 Å². The van der Waals surface area contributed by atoms with E-state index in [0.29, 0.717) is 5.92 Å². The number of hydrogen-bond donors (Lipinski definition) is 0. The lowest BCUT2D eigenvalue weighted by Crippen LogP contribution is -2.29. The minimum atomic E-state index is 0.152. The van der Waals surface area contributed by atoms with Gasteiger partial charge in [-0.2, -0.15) is 11.3 Å². The van der Waals surface area contributed by atoms with Crippen LogP contribution in [0.4, 0.5) is 0 Å². The summed E-state index contributed by atoms with van der Waals surface area (Å²) in [5, 5.41) is 4.04. The van der Waals surface area contributed by atoms with Crippen LogP contribution in [0.3, 0.4) is 0 Å². The molecule has 3 nitrogen and oxygen atoms in total. The first-order valence-electron chi connectivity index (χ1n) is 7.78. The number of hydrogen-bond acceptors (Lipinski definition) is 3. The van der Waals surface area contributed by atoms with Crippen molar-refractivity contribution in [3.05, 3.63) is 46.7 Å². The molecule has 4 heteroatoms. The van der Waals surface area contributed by atoms with Crippen molar-refractivity contribution in [1.29, 1.82) is 0 Å². The van der Waals surface area contributed by atoms with Crippen molar-refractivity contribution in [2.45, 2.75) is 13.3 Å². The van der Waals surface area contributed by atoms with E-state index in [1.54, 1.807) is 11.3 Å². The smallest absolute Gasteiger partial charge is 0.255 e. The van der Waals surface area contributed by atoms with E-state index in [1.807, 2.05) is 35.4 Å². The molecule has 0 spiro atoms. The predicted octanol–water partition coefficient (Wildman–Crippen LogP) is 3.91. The molecule has 1 saturated heterocycles. The van der Waals surface area contributed by atoms with E-state index in [4.69, 9.17) is 4.74 Å². The molecule has 2 heterocycles. The van der Waals surface area contributed by atoms with E-state index in [-0.39, 0.29) is 5.91 Å². The van der Waals surface area contributed by atoms with Crippen molar-refractivity contribution in [3.8, 4) is 11.1 Å². The zero-order chi connectivity index (χ0) is 15.4. The second-order valence-corrected chi connectivity index (χ2v) is 6.37. The highest BCUT2D eigenvalue weighted by Crippen LogP contribution is 2.29. The fourth-order valence-electron chi connectivity index (χ4n) is 2.91.